The quantitative estimate of drug-likeness (QED) is 0.874. The van der Waals surface area contributed by atoms with Crippen LogP contribution in [0.2, 0.25) is 0 Å². The van der Waals surface area contributed by atoms with E-state index >= 15 is 0 Å². The fourth-order valence-corrected chi connectivity index (χ4v) is 4.07. The lowest BCUT2D eigenvalue weighted by atomic mass is 10.2. The first kappa shape index (κ1) is 15.3. The van der Waals surface area contributed by atoms with Gasteiger partial charge in [-0.1, -0.05) is 20.8 Å². The molecule has 0 bridgehead atoms. The van der Waals surface area contributed by atoms with E-state index in [0.29, 0.717) is 5.92 Å². The van der Waals surface area contributed by atoms with Crippen molar-refractivity contribution in [3.8, 4) is 0 Å². The van der Waals surface area contributed by atoms with Crippen molar-refractivity contribution in [2.45, 2.75) is 39.1 Å². The van der Waals surface area contributed by atoms with Crippen LogP contribution in [-0.2, 0) is 13.1 Å². The molecule has 1 aliphatic rings. The number of hydrogen-bond donors (Lipinski definition) is 1. The van der Waals surface area contributed by atoms with E-state index in [-0.39, 0.29) is 0 Å². The van der Waals surface area contributed by atoms with Gasteiger partial charge >= 0.3 is 0 Å². The first-order valence-corrected chi connectivity index (χ1v) is 9.04. The van der Waals surface area contributed by atoms with Gasteiger partial charge in [-0.05, 0) is 12.5 Å². The number of hydrogen-bond acceptors (Lipinski definition) is 5. The number of nitrogens with zero attached hydrogens (tertiary/aromatic N) is 2. The molecule has 108 valence electrons. The smallest absolute Gasteiger partial charge is 0.107 e. The van der Waals surface area contributed by atoms with Crippen LogP contribution in [0.5, 0.6) is 0 Å². The molecule has 0 aliphatic carbocycles. The lowest BCUT2D eigenvalue weighted by Crippen LogP contribution is -2.36. The molecule has 1 aromatic rings. The second-order valence-electron chi connectivity index (χ2n) is 5.67. The summed E-state index contributed by atoms with van der Waals surface area (Å²) in [6.07, 6.45) is 0. The third kappa shape index (κ3) is 5.42. The minimum atomic E-state index is 0.701. The number of aromatic nitrogens is 1. The Morgan fingerprint density at radius 2 is 2.37 bits per heavy atom. The molecular weight excluding hydrogens is 274 g/mol. The largest absolute Gasteiger partial charge is 0.310 e. The van der Waals surface area contributed by atoms with Gasteiger partial charge in [-0.2, -0.15) is 11.8 Å². The van der Waals surface area contributed by atoms with Gasteiger partial charge in [0.2, 0.25) is 0 Å². The summed E-state index contributed by atoms with van der Waals surface area (Å²) in [4.78, 5) is 7.26. The normalized spacial score (nSPS) is 21.2. The second kappa shape index (κ2) is 7.62. The Morgan fingerprint density at radius 3 is 3.11 bits per heavy atom. The molecule has 0 aromatic carbocycles. The van der Waals surface area contributed by atoms with Crippen molar-refractivity contribution in [2.75, 3.05) is 25.4 Å². The van der Waals surface area contributed by atoms with E-state index in [9.17, 15) is 0 Å². The molecule has 0 spiro atoms. The highest BCUT2D eigenvalue weighted by Crippen LogP contribution is 2.20. The molecule has 2 heterocycles. The standard InChI is InChI=1S/C14H25N3S2/c1-11(2)6-15-7-14-16-13(10-19-14)9-17-4-5-18-12(3)8-17/h10-12,15H,4-9H2,1-3H3. The fourth-order valence-electron chi connectivity index (χ4n) is 2.23. The number of thioether (sulfide) groups is 1. The van der Waals surface area contributed by atoms with Crippen molar-refractivity contribution in [1.29, 1.82) is 0 Å². The second-order valence-corrected chi connectivity index (χ2v) is 8.16. The summed E-state index contributed by atoms with van der Waals surface area (Å²) in [7, 11) is 0. The SMILES string of the molecule is CC(C)CNCc1nc(CN2CCSC(C)C2)cs1. The highest BCUT2D eigenvalue weighted by atomic mass is 32.2. The molecule has 2 rings (SSSR count). The van der Waals surface area contributed by atoms with Crippen LogP contribution >= 0.6 is 23.1 Å². The van der Waals surface area contributed by atoms with E-state index in [1.165, 1.54) is 29.5 Å². The molecule has 1 aromatic heterocycles. The number of nitrogens with one attached hydrogen (secondary N) is 1. The molecule has 0 amide bonds. The van der Waals surface area contributed by atoms with Gasteiger partial charge in [-0.25, -0.2) is 4.98 Å². The van der Waals surface area contributed by atoms with E-state index in [2.05, 4.69) is 48.1 Å². The van der Waals surface area contributed by atoms with E-state index in [1.807, 2.05) is 0 Å². The summed E-state index contributed by atoms with van der Waals surface area (Å²) >= 11 is 3.87. The molecule has 1 fully saturated rings. The Balaban J connectivity index is 1.77. The summed E-state index contributed by atoms with van der Waals surface area (Å²) in [5.41, 5.74) is 1.24. The van der Waals surface area contributed by atoms with Crippen LogP contribution in [0.3, 0.4) is 0 Å². The molecule has 1 aliphatic heterocycles. The van der Waals surface area contributed by atoms with Crippen molar-refractivity contribution < 1.29 is 0 Å². The molecule has 1 saturated heterocycles. The molecule has 5 heteroatoms. The van der Waals surface area contributed by atoms with Crippen LogP contribution < -0.4 is 5.32 Å². The Bertz CT molecular complexity index is 379. The van der Waals surface area contributed by atoms with Crippen LogP contribution in [-0.4, -0.2) is 40.5 Å². The van der Waals surface area contributed by atoms with Crippen LogP contribution in [0.1, 0.15) is 31.5 Å². The highest BCUT2D eigenvalue weighted by Gasteiger charge is 2.17. The Kier molecular flexibility index (Phi) is 6.13. The Labute approximate surface area is 125 Å². The lowest BCUT2D eigenvalue weighted by molar-refractivity contribution is 0.275. The number of thiazole rings is 1. The van der Waals surface area contributed by atoms with Gasteiger partial charge < -0.3 is 5.32 Å². The summed E-state index contributed by atoms with van der Waals surface area (Å²) in [6.45, 7) is 12.2. The van der Waals surface area contributed by atoms with Crippen LogP contribution in [0.25, 0.3) is 0 Å². The van der Waals surface area contributed by atoms with Crippen molar-refractivity contribution in [3.05, 3.63) is 16.1 Å². The van der Waals surface area contributed by atoms with Crippen molar-refractivity contribution in [1.82, 2.24) is 15.2 Å². The predicted octanol–water partition coefficient (Wildman–Crippen LogP) is 2.83. The average Bonchev–Trinajstić information content (AvgIpc) is 2.76. The summed E-state index contributed by atoms with van der Waals surface area (Å²) in [5.74, 6) is 1.96. The minimum Gasteiger partial charge on any atom is -0.310 e. The molecule has 0 saturated carbocycles. The van der Waals surface area contributed by atoms with Gasteiger partial charge in [-0.3, -0.25) is 4.90 Å². The fraction of sp³-hybridized carbons (Fsp3) is 0.786. The third-order valence-electron chi connectivity index (χ3n) is 3.14. The van der Waals surface area contributed by atoms with Crippen molar-refractivity contribution in [3.63, 3.8) is 0 Å². The maximum absolute atomic E-state index is 4.73. The van der Waals surface area contributed by atoms with Crippen molar-refractivity contribution >= 4 is 23.1 Å². The topological polar surface area (TPSA) is 28.2 Å². The Morgan fingerprint density at radius 1 is 1.53 bits per heavy atom. The molecule has 0 radical (unpaired) electrons. The average molecular weight is 300 g/mol. The van der Waals surface area contributed by atoms with Gasteiger partial charge in [0.1, 0.15) is 5.01 Å². The number of rotatable bonds is 6. The van der Waals surface area contributed by atoms with E-state index in [4.69, 9.17) is 4.98 Å². The summed E-state index contributed by atoms with van der Waals surface area (Å²) in [5, 5.41) is 7.66. The zero-order chi connectivity index (χ0) is 13.7. The van der Waals surface area contributed by atoms with Gasteiger partial charge in [0.25, 0.3) is 0 Å². The van der Waals surface area contributed by atoms with Gasteiger partial charge in [0.15, 0.2) is 0 Å². The summed E-state index contributed by atoms with van der Waals surface area (Å²) in [6, 6.07) is 0. The molecular formula is C14H25N3S2. The molecule has 1 atom stereocenters. The maximum Gasteiger partial charge on any atom is 0.107 e. The lowest BCUT2D eigenvalue weighted by Gasteiger charge is -2.29. The van der Waals surface area contributed by atoms with Gasteiger partial charge in [0.05, 0.1) is 5.69 Å². The minimum absolute atomic E-state index is 0.701. The van der Waals surface area contributed by atoms with E-state index in [1.54, 1.807) is 11.3 Å². The zero-order valence-corrected chi connectivity index (χ0v) is 13.8. The molecule has 3 nitrogen and oxygen atoms in total. The zero-order valence-electron chi connectivity index (χ0n) is 12.2. The molecule has 1 N–H and O–H groups in total. The summed E-state index contributed by atoms with van der Waals surface area (Å²) < 4.78 is 0. The van der Waals surface area contributed by atoms with E-state index < -0.39 is 0 Å². The highest BCUT2D eigenvalue weighted by molar-refractivity contribution is 7.99. The first-order chi connectivity index (χ1) is 9.13. The maximum atomic E-state index is 4.73. The van der Waals surface area contributed by atoms with Crippen LogP contribution in [0.4, 0.5) is 0 Å². The van der Waals surface area contributed by atoms with Crippen LogP contribution in [0, 0.1) is 5.92 Å². The van der Waals surface area contributed by atoms with Gasteiger partial charge in [0, 0.05) is 42.6 Å². The predicted molar refractivity (Wildman–Crippen MR) is 85.9 cm³/mol. The molecule has 1 unspecified atom stereocenters. The Hall–Kier alpha value is -0.100. The van der Waals surface area contributed by atoms with E-state index in [0.717, 1.165) is 24.9 Å². The van der Waals surface area contributed by atoms with Gasteiger partial charge in [-0.15, -0.1) is 11.3 Å². The van der Waals surface area contributed by atoms with Crippen LogP contribution in [0.15, 0.2) is 5.38 Å². The third-order valence-corrected chi connectivity index (χ3v) is 5.17. The molecule has 19 heavy (non-hydrogen) atoms. The monoisotopic (exact) mass is 299 g/mol. The van der Waals surface area contributed by atoms with Crippen molar-refractivity contribution in [2.24, 2.45) is 5.92 Å². The first-order valence-electron chi connectivity index (χ1n) is 7.11.